The van der Waals surface area contributed by atoms with Crippen molar-refractivity contribution in [3.8, 4) is 0 Å². The average Bonchev–Trinajstić information content (AvgIpc) is 2.43. The molecular formula is C12H9Cl3N4O. The van der Waals surface area contributed by atoms with Crippen LogP contribution in [0, 0.1) is 0 Å². The van der Waals surface area contributed by atoms with Crippen molar-refractivity contribution in [2.75, 3.05) is 10.7 Å². The van der Waals surface area contributed by atoms with E-state index in [0.29, 0.717) is 21.6 Å². The molecule has 8 heteroatoms. The molecular weight excluding hydrogens is 323 g/mol. The minimum Gasteiger partial charge on any atom is -0.318 e. The van der Waals surface area contributed by atoms with Gasteiger partial charge < -0.3 is 10.7 Å². The van der Waals surface area contributed by atoms with Gasteiger partial charge in [-0.05, 0) is 24.3 Å². The van der Waals surface area contributed by atoms with Gasteiger partial charge in [0.05, 0.1) is 20.8 Å². The second kappa shape index (κ2) is 6.28. The Labute approximate surface area is 130 Å². The number of pyridine rings is 1. The first kappa shape index (κ1) is 14.9. The highest BCUT2D eigenvalue weighted by Crippen LogP contribution is 2.30. The highest BCUT2D eigenvalue weighted by Gasteiger charge is 2.16. The molecule has 20 heavy (non-hydrogen) atoms. The number of carbonyl (C=O) groups is 1. The van der Waals surface area contributed by atoms with Crippen LogP contribution in [-0.2, 0) is 0 Å². The fourth-order valence-corrected chi connectivity index (χ4v) is 2.15. The van der Waals surface area contributed by atoms with Crippen LogP contribution in [0.25, 0.3) is 0 Å². The molecule has 0 fully saturated rings. The summed E-state index contributed by atoms with van der Waals surface area (Å²) in [5.74, 6) is 5.01. The zero-order chi connectivity index (χ0) is 14.7. The summed E-state index contributed by atoms with van der Waals surface area (Å²) in [7, 11) is 0. The quantitative estimate of drug-likeness (QED) is 0.593. The summed E-state index contributed by atoms with van der Waals surface area (Å²) in [5, 5.41) is 3.38. The number of amides is 1. The first-order valence-electron chi connectivity index (χ1n) is 5.41. The molecule has 2 aromatic rings. The predicted octanol–water partition coefficient (Wildman–Crippen LogP) is 3.58. The molecule has 104 valence electrons. The van der Waals surface area contributed by atoms with E-state index in [4.69, 9.17) is 40.6 Å². The smallest absolute Gasteiger partial charge is 0.275 e. The van der Waals surface area contributed by atoms with Crippen LogP contribution < -0.4 is 16.6 Å². The molecule has 1 aromatic heterocycles. The second-order valence-corrected chi connectivity index (χ2v) is 4.94. The maximum atomic E-state index is 12.2. The van der Waals surface area contributed by atoms with E-state index in [-0.39, 0.29) is 10.7 Å². The maximum absolute atomic E-state index is 12.2. The van der Waals surface area contributed by atoms with Gasteiger partial charge >= 0.3 is 0 Å². The number of benzene rings is 1. The summed E-state index contributed by atoms with van der Waals surface area (Å²) < 4.78 is 0. The lowest BCUT2D eigenvalue weighted by Gasteiger charge is -2.10. The first-order valence-corrected chi connectivity index (χ1v) is 6.55. The molecule has 0 radical (unpaired) electrons. The van der Waals surface area contributed by atoms with E-state index < -0.39 is 5.91 Å². The summed E-state index contributed by atoms with van der Waals surface area (Å²) in [5.41, 5.74) is 2.64. The van der Waals surface area contributed by atoms with E-state index in [1.807, 2.05) is 0 Å². The number of nitrogens with zero attached hydrogens (tertiary/aromatic N) is 1. The molecule has 0 atom stereocenters. The van der Waals surface area contributed by atoms with Crippen molar-refractivity contribution in [2.45, 2.75) is 0 Å². The summed E-state index contributed by atoms with van der Waals surface area (Å²) in [6, 6.07) is 7.94. The van der Waals surface area contributed by atoms with Gasteiger partial charge in [0.15, 0.2) is 0 Å². The predicted molar refractivity (Wildman–Crippen MR) is 81.5 cm³/mol. The Balaban J connectivity index is 2.33. The fourth-order valence-electron chi connectivity index (χ4n) is 1.47. The van der Waals surface area contributed by atoms with Crippen LogP contribution in [0.1, 0.15) is 10.5 Å². The van der Waals surface area contributed by atoms with Gasteiger partial charge in [0.25, 0.3) is 5.91 Å². The Kier molecular flexibility index (Phi) is 4.67. The minimum absolute atomic E-state index is 0.0121. The van der Waals surface area contributed by atoms with Gasteiger partial charge in [-0.1, -0.05) is 40.9 Å². The Bertz CT molecular complexity index is 643. The van der Waals surface area contributed by atoms with E-state index in [1.54, 1.807) is 24.3 Å². The van der Waals surface area contributed by atoms with Crippen LogP contribution >= 0.6 is 34.8 Å². The third-order valence-electron chi connectivity index (χ3n) is 2.41. The summed E-state index contributed by atoms with van der Waals surface area (Å²) in [6.07, 6.45) is 0. The Morgan fingerprint density at radius 3 is 2.30 bits per heavy atom. The number of nitrogens with one attached hydrogen (secondary N) is 2. The number of nitrogen functional groups attached to an aromatic ring is 1. The molecule has 1 amide bonds. The average molecular weight is 332 g/mol. The van der Waals surface area contributed by atoms with Gasteiger partial charge in [0.1, 0.15) is 11.5 Å². The highest BCUT2D eigenvalue weighted by atomic mass is 35.5. The van der Waals surface area contributed by atoms with E-state index in [0.717, 1.165) is 0 Å². The molecule has 2 rings (SSSR count). The monoisotopic (exact) mass is 330 g/mol. The third kappa shape index (κ3) is 3.13. The molecule has 5 nitrogen and oxygen atoms in total. The molecule has 0 aliphatic heterocycles. The van der Waals surface area contributed by atoms with Crippen molar-refractivity contribution in [3.05, 3.63) is 51.1 Å². The summed E-state index contributed by atoms with van der Waals surface area (Å²) >= 11 is 17.9. The number of hydrogen-bond acceptors (Lipinski definition) is 4. The van der Waals surface area contributed by atoms with Crippen LogP contribution in [-0.4, -0.2) is 10.9 Å². The molecule has 0 saturated carbocycles. The number of para-hydroxylation sites is 1. The lowest BCUT2D eigenvalue weighted by atomic mass is 10.3. The van der Waals surface area contributed by atoms with Crippen LogP contribution in [0.2, 0.25) is 15.1 Å². The molecule has 1 aromatic carbocycles. The normalized spacial score (nSPS) is 10.2. The van der Waals surface area contributed by atoms with Gasteiger partial charge in [-0.2, -0.15) is 0 Å². The van der Waals surface area contributed by atoms with E-state index in [9.17, 15) is 4.79 Å². The Morgan fingerprint density at radius 1 is 1.05 bits per heavy atom. The second-order valence-electron chi connectivity index (χ2n) is 3.72. The van der Waals surface area contributed by atoms with Crippen LogP contribution in [0.15, 0.2) is 30.3 Å². The number of aromatic nitrogens is 1. The molecule has 4 N–H and O–H groups in total. The van der Waals surface area contributed by atoms with Crippen molar-refractivity contribution in [2.24, 2.45) is 5.84 Å². The first-order chi connectivity index (χ1) is 9.52. The lowest BCUT2D eigenvalue weighted by Crippen LogP contribution is -2.17. The van der Waals surface area contributed by atoms with Crippen molar-refractivity contribution in [1.82, 2.24) is 4.98 Å². The van der Waals surface area contributed by atoms with E-state index >= 15 is 0 Å². The summed E-state index contributed by atoms with van der Waals surface area (Å²) in [6.45, 7) is 0. The van der Waals surface area contributed by atoms with Gasteiger partial charge in [-0.15, -0.1) is 0 Å². The minimum atomic E-state index is -0.540. The van der Waals surface area contributed by atoms with Gasteiger partial charge in [-0.3, -0.25) is 4.79 Å². The number of carbonyl (C=O) groups excluding carboxylic acids is 1. The van der Waals surface area contributed by atoms with Gasteiger partial charge in [-0.25, -0.2) is 10.8 Å². The largest absolute Gasteiger partial charge is 0.318 e. The highest BCUT2D eigenvalue weighted by molar-refractivity contribution is 6.40. The van der Waals surface area contributed by atoms with Crippen LogP contribution in [0.4, 0.5) is 11.5 Å². The van der Waals surface area contributed by atoms with E-state index in [1.165, 1.54) is 6.07 Å². The molecule has 0 saturated heterocycles. The van der Waals surface area contributed by atoms with Crippen molar-refractivity contribution in [3.63, 3.8) is 0 Å². The molecule has 0 unspecified atom stereocenters. The van der Waals surface area contributed by atoms with Crippen molar-refractivity contribution >= 4 is 52.2 Å². The van der Waals surface area contributed by atoms with Gasteiger partial charge in [0, 0.05) is 0 Å². The van der Waals surface area contributed by atoms with Crippen LogP contribution in [0.3, 0.4) is 0 Å². The topological polar surface area (TPSA) is 80.0 Å². The van der Waals surface area contributed by atoms with Crippen molar-refractivity contribution in [1.29, 1.82) is 0 Å². The number of nitrogens with two attached hydrogens (primary N) is 1. The van der Waals surface area contributed by atoms with Crippen LogP contribution in [0.5, 0.6) is 0 Å². The molecule has 1 heterocycles. The Morgan fingerprint density at radius 2 is 1.70 bits per heavy atom. The number of hydrazine groups is 1. The standard InChI is InChI=1S/C12H9Cl3N4O/c13-6-2-1-3-7(14)10(6)18-12(20)11-8(15)4-5-9(17-11)19-16/h1-5H,16H2,(H,17,19)(H,18,20). The van der Waals surface area contributed by atoms with Gasteiger partial charge in [0.2, 0.25) is 0 Å². The molecule has 0 aliphatic carbocycles. The number of anilines is 2. The summed E-state index contributed by atoms with van der Waals surface area (Å²) in [4.78, 5) is 16.1. The number of halogens is 3. The lowest BCUT2D eigenvalue weighted by molar-refractivity contribution is 0.102. The van der Waals surface area contributed by atoms with E-state index in [2.05, 4.69) is 15.7 Å². The number of rotatable bonds is 3. The molecule has 0 aliphatic rings. The fraction of sp³-hybridized carbons (Fsp3) is 0. The van der Waals surface area contributed by atoms with Crippen molar-refractivity contribution < 1.29 is 4.79 Å². The zero-order valence-electron chi connectivity index (χ0n) is 9.95. The maximum Gasteiger partial charge on any atom is 0.275 e. The molecule has 0 bridgehead atoms. The third-order valence-corrected chi connectivity index (χ3v) is 3.35. The SMILES string of the molecule is NNc1ccc(Cl)c(C(=O)Nc2c(Cl)cccc2Cl)n1. The number of hydrogen-bond donors (Lipinski definition) is 3. The molecule has 0 spiro atoms. The Hall–Kier alpha value is -1.53. The zero-order valence-corrected chi connectivity index (χ0v) is 12.2.